The van der Waals surface area contributed by atoms with Gasteiger partial charge in [0.15, 0.2) is 0 Å². The molecule has 7 nitrogen and oxygen atoms in total. The van der Waals surface area contributed by atoms with E-state index >= 15 is 0 Å². The summed E-state index contributed by atoms with van der Waals surface area (Å²) in [6.45, 7) is 7.71. The SMILES string of the molecule is CC[C@H](C)[C@H](CO)N1C(=O)[C@@H]2[C@@H](C(=O)Nc3ccccc3)[C@H]3CCC2(S3)C1C(=O)Nc1c(C)cccc1C. The number of anilines is 2. The Hall–Kier alpha value is -2.84. The predicted octanol–water partition coefficient (Wildman–Crippen LogP) is 4.38. The van der Waals surface area contributed by atoms with Crippen LogP contribution in [0.2, 0.25) is 0 Å². The lowest BCUT2D eigenvalue weighted by atomic mass is 9.70. The van der Waals surface area contributed by atoms with Crippen molar-refractivity contribution in [3.8, 4) is 0 Å². The summed E-state index contributed by atoms with van der Waals surface area (Å²) in [7, 11) is 0. The zero-order valence-corrected chi connectivity index (χ0v) is 23.3. The van der Waals surface area contributed by atoms with Crippen molar-refractivity contribution in [1.82, 2.24) is 4.90 Å². The molecular formula is C30H37N3O4S. The third-order valence-electron chi connectivity index (χ3n) is 8.90. The fraction of sp³-hybridized carbons (Fsp3) is 0.500. The Morgan fingerprint density at radius 1 is 1.08 bits per heavy atom. The van der Waals surface area contributed by atoms with E-state index in [2.05, 4.69) is 10.6 Å². The first-order valence-corrected chi connectivity index (χ1v) is 14.4. The maximum atomic E-state index is 14.3. The number of amides is 3. The molecule has 0 aliphatic carbocycles. The second-order valence-electron chi connectivity index (χ2n) is 11.0. The summed E-state index contributed by atoms with van der Waals surface area (Å²) in [5.74, 6) is -1.74. The Bertz CT molecular complexity index is 1220. The number of carbonyl (C=O) groups is 3. The summed E-state index contributed by atoms with van der Waals surface area (Å²) in [4.78, 5) is 43.8. The summed E-state index contributed by atoms with van der Waals surface area (Å²) in [5, 5.41) is 16.6. The fourth-order valence-electron chi connectivity index (χ4n) is 6.81. The molecule has 0 radical (unpaired) electrons. The molecule has 3 heterocycles. The highest BCUT2D eigenvalue weighted by Crippen LogP contribution is 2.67. The first-order chi connectivity index (χ1) is 18.2. The smallest absolute Gasteiger partial charge is 0.248 e. The number of nitrogens with one attached hydrogen (secondary N) is 2. The molecule has 7 atom stereocenters. The molecule has 8 heteroatoms. The highest BCUT2D eigenvalue weighted by molar-refractivity contribution is 8.02. The molecule has 3 fully saturated rings. The van der Waals surface area contributed by atoms with E-state index in [1.165, 1.54) is 0 Å². The van der Waals surface area contributed by atoms with Crippen LogP contribution in [0.1, 0.15) is 44.2 Å². The monoisotopic (exact) mass is 535 g/mol. The molecule has 5 rings (SSSR count). The van der Waals surface area contributed by atoms with Crippen LogP contribution in [0, 0.1) is 31.6 Å². The van der Waals surface area contributed by atoms with E-state index in [1.54, 1.807) is 16.7 Å². The van der Waals surface area contributed by atoms with Gasteiger partial charge in [-0.1, -0.05) is 56.7 Å². The Kier molecular flexibility index (Phi) is 7.31. The number of para-hydroxylation sites is 2. The van der Waals surface area contributed by atoms with Gasteiger partial charge in [-0.25, -0.2) is 0 Å². The zero-order valence-electron chi connectivity index (χ0n) is 22.4. The number of thioether (sulfide) groups is 1. The number of benzene rings is 2. The average molecular weight is 536 g/mol. The minimum atomic E-state index is -0.769. The minimum Gasteiger partial charge on any atom is -0.394 e. The van der Waals surface area contributed by atoms with Crippen molar-refractivity contribution < 1.29 is 19.5 Å². The summed E-state index contributed by atoms with van der Waals surface area (Å²) in [6, 6.07) is 13.9. The van der Waals surface area contributed by atoms with Crippen molar-refractivity contribution in [2.75, 3.05) is 17.2 Å². The van der Waals surface area contributed by atoms with E-state index in [-0.39, 0.29) is 35.5 Å². The quantitative estimate of drug-likeness (QED) is 0.466. The van der Waals surface area contributed by atoms with E-state index in [0.29, 0.717) is 12.1 Å². The van der Waals surface area contributed by atoms with Crippen molar-refractivity contribution in [1.29, 1.82) is 0 Å². The molecular weight excluding hydrogens is 498 g/mol. The highest BCUT2D eigenvalue weighted by Gasteiger charge is 2.74. The van der Waals surface area contributed by atoms with Crippen LogP contribution in [-0.2, 0) is 14.4 Å². The normalized spacial score (nSPS) is 29.2. The summed E-state index contributed by atoms with van der Waals surface area (Å²) in [6.07, 6.45) is 2.22. The van der Waals surface area contributed by atoms with Gasteiger partial charge in [-0.15, -0.1) is 11.8 Å². The third kappa shape index (κ3) is 4.22. The molecule has 2 aromatic rings. The van der Waals surface area contributed by atoms with Crippen LogP contribution < -0.4 is 10.6 Å². The van der Waals surface area contributed by atoms with Crippen molar-refractivity contribution in [3.63, 3.8) is 0 Å². The molecule has 3 aliphatic rings. The molecule has 0 aromatic heterocycles. The number of fused-ring (bicyclic) bond motifs is 1. The van der Waals surface area contributed by atoms with Crippen LogP contribution in [0.25, 0.3) is 0 Å². The largest absolute Gasteiger partial charge is 0.394 e. The lowest BCUT2D eigenvalue weighted by Gasteiger charge is -2.39. The summed E-state index contributed by atoms with van der Waals surface area (Å²) >= 11 is 1.64. The van der Waals surface area contributed by atoms with Crippen LogP contribution in [-0.4, -0.2) is 56.4 Å². The Balaban J connectivity index is 1.54. The van der Waals surface area contributed by atoms with Crippen LogP contribution in [0.15, 0.2) is 48.5 Å². The minimum absolute atomic E-state index is 0.00605. The van der Waals surface area contributed by atoms with Crippen LogP contribution in [0.4, 0.5) is 11.4 Å². The molecule has 3 amide bonds. The number of aryl methyl sites for hydroxylation is 2. The second-order valence-corrected chi connectivity index (χ2v) is 12.6. The molecule has 2 bridgehead atoms. The van der Waals surface area contributed by atoms with Gasteiger partial charge in [0.2, 0.25) is 17.7 Å². The van der Waals surface area contributed by atoms with Gasteiger partial charge in [0, 0.05) is 16.6 Å². The summed E-state index contributed by atoms with van der Waals surface area (Å²) < 4.78 is -0.706. The van der Waals surface area contributed by atoms with Gasteiger partial charge < -0.3 is 20.6 Å². The van der Waals surface area contributed by atoms with Gasteiger partial charge in [0.25, 0.3) is 0 Å². The predicted molar refractivity (Wildman–Crippen MR) is 151 cm³/mol. The zero-order chi connectivity index (χ0) is 27.2. The Morgan fingerprint density at radius 2 is 1.76 bits per heavy atom. The molecule has 1 spiro atoms. The molecule has 2 aromatic carbocycles. The first kappa shape index (κ1) is 26.8. The molecule has 202 valence electrons. The number of rotatable bonds is 8. The number of aliphatic hydroxyl groups excluding tert-OH is 1. The van der Waals surface area contributed by atoms with Crippen molar-refractivity contribution in [3.05, 3.63) is 59.7 Å². The van der Waals surface area contributed by atoms with Crippen LogP contribution in [0.5, 0.6) is 0 Å². The second kappa shape index (κ2) is 10.4. The molecule has 3 aliphatic heterocycles. The van der Waals surface area contributed by atoms with Gasteiger partial charge in [-0.3, -0.25) is 14.4 Å². The fourth-order valence-corrected chi connectivity index (χ4v) is 9.02. The molecule has 3 N–H and O–H groups in total. The number of aliphatic hydroxyl groups is 1. The first-order valence-electron chi connectivity index (χ1n) is 13.6. The molecule has 0 saturated carbocycles. The molecule has 3 saturated heterocycles. The average Bonchev–Trinajstić information content (AvgIpc) is 3.55. The van der Waals surface area contributed by atoms with E-state index in [4.69, 9.17) is 0 Å². The molecule has 38 heavy (non-hydrogen) atoms. The van der Waals surface area contributed by atoms with Crippen LogP contribution in [0.3, 0.4) is 0 Å². The molecule has 2 unspecified atom stereocenters. The Morgan fingerprint density at radius 3 is 2.39 bits per heavy atom. The number of hydrogen-bond donors (Lipinski definition) is 3. The van der Waals surface area contributed by atoms with E-state index in [9.17, 15) is 19.5 Å². The van der Waals surface area contributed by atoms with E-state index < -0.39 is 28.7 Å². The van der Waals surface area contributed by atoms with Crippen molar-refractivity contribution >= 4 is 40.9 Å². The number of likely N-dealkylation sites (tertiary alicyclic amines) is 1. The maximum absolute atomic E-state index is 14.3. The highest BCUT2D eigenvalue weighted by atomic mass is 32.2. The Labute approximate surface area is 228 Å². The number of nitrogens with zero attached hydrogens (tertiary/aromatic N) is 1. The standard InChI is InChI=1S/C30H37N3O4S/c1-5-17(2)21(16-34)33-26(28(36)32-25-18(3)10-9-11-19(25)4)30-15-14-22(38-30)23(24(30)29(33)37)27(35)31-20-12-7-6-8-13-20/h6-13,17,21-24,26,34H,5,14-16H2,1-4H3,(H,31,35)(H,32,36)/t17-,21-,22+,23-,24-,26?,30?/m0/s1. The summed E-state index contributed by atoms with van der Waals surface area (Å²) in [5.41, 5.74) is 3.35. The lowest BCUT2D eigenvalue weighted by molar-refractivity contribution is -0.142. The van der Waals surface area contributed by atoms with Gasteiger partial charge in [0.1, 0.15) is 6.04 Å². The van der Waals surface area contributed by atoms with E-state index in [1.807, 2.05) is 76.2 Å². The topological polar surface area (TPSA) is 98.7 Å². The van der Waals surface area contributed by atoms with Crippen molar-refractivity contribution in [2.24, 2.45) is 17.8 Å². The van der Waals surface area contributed by atoms with Gasteiger partial charge >= 0.3 is 0 Å². The number of hydrogen-bond acceptors (Lipinski definition) is 5. The van der Waals surface area contributed by atoms with Crippen molar-refractivity contribution in [2.45, 2.75) is 69.0 Å². The lowest BCUT2D eigenvalue weighted by Crippen LogP contribution is -2.56. The number of carbonyl (C=O) groups excluding carboxylic acids is 3. The van der Waals surface area contributed by atoms with Gasteiger partial charge in [-0.2, -0.15) is 0 Å². The van der Waals surface area contributed by atoms with Gasteiger partial charge in [-0.05, 0) is 55.9 Å². The van der Waals surface area contributed by atoms with Crippen LogP contribution >= 0.6 is 11.8 Å². The third-order valence-corrected chi connectivity index (χ3v) is 10.9. The maximum Gasteiger partial charge on any atom is 0.248 e. The van der Waals surface area contributed by atoms with E-state index in [0.717, 1.165) is 29.7 Å². The van der Waals surface area contributed by atoms with Gasteiger partial charge in [0.05, 0.1) is 29.2 Å².